The molecule has 3 aromatic rings. The van der Waals surface area contributed by atoms with Crippen LogP contribution in [0.1, 0.15) is 59.4 Å². The lowest BCUT2D eigenvalue weighted by Crippen LogP contribution is -2.36. The Hall–Kier alpha value is -3.91. The van der Waals surface area contributed by atoms with Crippen molar-refractivity contribution in [2.24, 2.45) is 11.7 Å². The summed E-state index contributed by atoms with van der Waals surface area (Å²) < 4.78 is 6.34. The predicted octanol–water partition coefficient (Wildman–Crippen LogP) is 5.08. The number of phenols is 1. The van der Waals surface area contributed by atoms with Gasteiger partial charge in [0.1, 0.15) is 17.2 Å². The molecule has 0 aliphatic carbocycles. The molecule has 1 aliphatic rings. The molecule has 0 bridgehead atoms. The van der Waals surface area contributed by atoms with Crippen LogP contribution >= 0.6 is 0 Å². The summed E-state index contributed by atoms with van der Waals surface area (Å²) in [5.74, 6) is -1.04. The number of benzene rings is 2. The number of carbonyl (C=O) groups excluding carboxylic acids is 1. The lowest BCUT2D eigenvalue weighted by Gasteiger charge is -2.31. The van der Waals surface area contributed by atoms with E-state index in [-0.39, 0.29) is 17.2 Å². The van der Waals surface area contributed by atoms with Gasteiger partial charge in [-0.25, -0.2) is 0 Å². The highest BCUT2D eigenvalue weighted by atomic mass is 16.5. The van der Waals surface area contributed by atoms with Gasteiger partial charge >= 0.3 is 5.97 Å². The van der Waals surface area contributed by atoms with Gasteiger partial charge < -0.3 is 20.7 Å². The first kappa shape index (κ1) is 27.1. The van der Waals surface area contributed by atoms with E-state index in [0.717, 1.165) is 35.4 Å². The highest BCUT2D eigenvalue weighted by molar-refractivity contribution is 5.95. The van der Waals surface area contributed by atoms with Crippen LogP contribution in [0, 0.1) is 12.8 Å². The zero-order valence-electron chi connectivity index (χ0n) is 22.2. The van der Waals surface area contributed by atoms with Gasteiger partial charge in [-0.05, 0) is 69.0 Å². The molecule has 1 aromatic heterocycles. The summed E-state index contributed by atoms with van der Waals surface area (Å²) in [7, 11) is 0. The van der Waals surface area contributed by atoms with Gasteiger partial charge in [-0.2, -0.15) is 0 Å². The first-order valence-corrected chi connectivity index (χ1v) is 13.1. The van der Waals surface area contributed by atoms with Crippen molar-refractivity contribution in [3.05, 3.63) is 70.4 Å². The van der Waals surface area contributed by atoms with Crippen LogP contribution in [-0.4, -0.2) is 45.1 Å². The summed E-state index contributed by atoms with van der Waals surface area (Å²) >= 11 is 0. The molecule has 8 heteroatoms. The van der Waals surface area contributed by atoms with Crippen LogP contribution in [0.25, 0.3) is 11.3 Å². The molecule has 1 fully saturated rings. The Morgan fingerprint density at radius 3 is 2.29 bits per heavy atom. The number of pyridine rings is 1. The number of hydrogen-bond donors (Lipinski definition) is 3. The molecule has 0 saturated carbocycles. The largest absolute Gasteiger partial charge is 0.507 e. The number of hydrogen-bond acceptors (Lipinski definition) is 6. The van der Waals surface area contributed by atoms with E-state index in [1.807, 2.05) is 13.0 Å². The number of nitrogens with zero attached hydrogens (tertiary/aromatic N) is 2. The van der Waals surface area contributed by atoms with Crippen molar-refractivity contribution in [3.8, 4) is 28.5 Å². The second kappa shape index (κ2) is 11.6. The summed E-state index contributed by atoms with van der Waals surface area (Å²) in [6, 6.07) is 12.7. The third-order valence-electron chi connectivity index (χ3n) is 7.33. The average molecular weight is 518 g/mol. The number of piperidine rings is 1. The number of carbonyl (C=O) groups is 2. The van der Waals surface area contributed by atoms with Crippen molar-refractivity contribution in [1.82, 2.24) is 9.88 Å². The Kier molecular flexibility index (Phi) is 8.32. The minimum atomic E-state index is -0.739. The van der Waals surface area contributed by atoms with E-state index in [1.165, 1.54) is 23.3 Å². The first-order chi connectivity index (χ1) is 18.2. The summed E-state index contributed by atoms with van der Waals surface area (Å²) in [5.41, 5.74) is 11.4. The summed E-state index contributed by atoms with van der Waals surface area (Å²) in [6.07, 6.45) is 2.93. The molecule has 0 spiro atoms. The smallest absolute Gasteiger partial charge is 0.306 e. The Balaban J connectivity index is 1.76. The van der Waals surface area contributed by atoms with Crippen molar-refractivity contribution < 1.29 is 24.5 Å². The van der Waals surface area contributed by atoms with Crippen LogP contribution in [0.5, 0.6) is 17.2 Å². The van der Waals surface area contributed by atoms with Gasteiger partial charge in [0.15, 0.2) is 0 Å². The van der Waals surface area contributed by atoms with Gasteiger partial charge in [0.25, 0.3) is 5.91 Å². The predicted molar refractivity (Wildman–Crippen MR) is 146 cm³/mol. The highest BCUT2D eigenvalue weighted by Crippen LogP contribution is 2.37. The van der Waals surface area contributed by atoms with E-state index in [4.69, 9.17) is 15.5 Å². The SMILES string of the molecule is CCc1cccc(CC)c1-c1cc(Oc2ccc(C(N)=O)c(O)c2)c(CN2CCC(C(=O)O)CC2)c(C)n1. The maximum Gasteiger partial charge on any atom is 0.306 e. The van der Waals surface area contributed by atoms with E-state index < -0.39 is 11.9 Å². The molecule has 0 atom stereocenters. The van der Waals surface area contributed by atoms with Crippen molar-refractivity contribution >= 4 is 11.9 Å². The molecule has 0 radical (unpaired) electrons. The van der Waals surface area contributed by atoms with Gasteiger partial charge in [-0.1, -0.05) is 32.0 Å². The number of nitrogens with two attached hydrogens (primary N) is 1. The van der Waals surface area contributed by atoms with Crippen molar-refractivity contribution in [1.29, 1.82) is 0 Å². The molecule has 1 amide bonds. The van der Waals surface area contributed by atoms with Crippen LogP contribution in [0.4, 0.5) is 0 Å². The number of aliphatic carboxylic acids is 1. The van der Waals surface area contributed by atoms with Gasteiger partial charge in [-0.15, -0.1) is 0 Å². The fourth-order valence-corrected chi connectivity index (χ4v) is 5.12. The molecular formula is C30H35N3O5. The third kappa shape index (κ3) is 5.81. The number of aromatic nitrogens is 1. The molecule has 38 heavy (non-hydrogen) atoms. The summed E-state index contributed by atoms with van der Waals surface area (Å²) in [5, 5.41) is 19.7. The number of likely N-dealkylation sites (tertiary alicyclic amines) is 1. The Morgan fingerprint density at radius 1 is 1.08 bits per heavy atom. The number of amides is 1. The molecule has 1 aliphatic heterocycles. The Labute approximate surface area is 223 Å². The standard InChI is InChI=1S/C30H35N3O5/c1-4-19-7-6-8-20(5-2)28(19)25-16-27(38-22-9-10-23(29(31)35)26(34)15-22)24(18(3)32-25)17-33-13-11-21(12-14-33)30(36)37/h6-10,15-16,21,34H,4-5,11-14,17H2,1-3H3,(H2,31,35)(H,36,37). The molecule has 4 N–H and O–H groups in total. The van der Waals surface area contributed by atoms with Gasteiger partial charge in [0, 0.05) is 35.5 Å². The topological polar surface area (TPSA) is 126 Å². The van der Waals surface area contributed by atoms with Crippen molar-refractivity contribution in [2.75, 3.05) is 13.1 Å². The Morgan fingerprint density at radius 2 is 1.74 bits per heavy atom. The molecular weight excluding hydrogens is 482 g/mol. The second-order valence-corrected chi connectivity index (χ2v) is 9.76. The highest BCUT2D eigenvalue weighted by Gasteiger charge is 2.26. The fourth-order valence-electron chi connectivity index (χ4n) is 5.12. The quantitative estimate of drug-likeness (QED) is 0.361. The first-order valence-electron chi connectivity index (χ1n) is 13.1. The van der Waals surface area contributed by atoms with Crippen LogP contribution in [0.2, 0.25) is 0 Å². The van der Waals surface area contributed by atoms with Crippen LogP contribution in [-0.2, 0) is 24.2 Å². The normalized spacial score (nSPS) is 14.4. The zero-order valence-corrected chi connectivity index (χ0v) is 22.2. The maximum atomic E-state index is 11.6. The number of ether oxygens (including phenoxy) is 1. The van der Waals surface area contributed by atoms with Crippen LogP contribution < -0.4 is 10.5 Å². The minimum absolute atomic E-state index is 0.0231. The fraction of sp³-hybridized carbons (Fsp3) is 0.367. The lowest BCUT2D eigenvalue weighted by atomic mass is 9.93. The summed E-state index contributed by atoms with van der Waals surface area (Å²) in [4.78, 5) is 30.2. The molecule has 4 rings (SSSR count). The second-order valence-electron chi connectivity index (χ2n) is 9.76. The van der Waals surface area contributed by atoms with Gasteiger partial charge in [0.2, 0.25) is 0 Å². The number of aromatic hydroxyl groups is 1. The number of aryl methyl sites for hydroxylation is 3. The number of rotatable bonds is 9. The zero-order chi connectivity index (χ0) is 27.4. The minimum Gasteiger partial charge on any atom is -0.507 e. The van der Waals surface area contributed by atoms with E-state index in [9.17, 15) is 19.8 Å². The number of carboxylic acid groups (broad SMARTS) is 1. The molecule has 2 heterocycles. The van der Waals surface area contributed by atoms with E-state index in [0.29, 0.717) is 44.0 Å². The molecule has 1 saturated heterocycles. The van der Waals surface area contributed by atoms with E-state index in [2.05, 4.69) is 36.9 Å². The third-order valence-corrected chi connectivity index (χ3v) is 7.33. The lowest BCUT2D eigenvalue weighted by molar-refractivity contribution is -0.143. The van der Waals surface area contributed by atoms with Crippen molar-refractivity contribution in [3.63, 3.8) is 0 Å². The molecule has 0 unspecified atom stereocenters. The maximum absolute atomic E-state index is 11.6. The average Bonchev–Trinajstić information content (AvgIpc) is 2.90. The van der Waals surface area contributed by atoms with Crippen LogP contribution in [0.15, 0.2) is 42.5 Å². The number of primary amides is 1. The van der Waals surface area contributed by atoms with E-state index >= 15 is 0 Å². The van der Waals surface area contributed by atoms with Crippen LogP contribution in [0.3, 0.4) is 0 Å². The number of carboxylic acids is 1. The monoisotopic (exact) mass is 517 g/mol. The molecule has 8 nitrogen and oxygen atoms in total. The van der Waals surface area contributed by atoms with Gasteiger partial charge in [-0.3, -0.25) is 19.5 Å². The molecule has 2 aromatic carbocycles. The van der Waals surface area contributed by atoms with Crippen molar-refractivity contribution in [2.45, 2.75) is 53.0 Å². The van der Waals surface area contributed by atoms with E-state index in [1.54, 1.807) is 6.07 Å². The molecule has 200 valence electrons. The Bertz CT molecular complexity index is 1320. The summed E-state index contributed by atoms with van der Waals surface area (Å²) in [6.45, 7) is 8.11. The van der Waals surface area contributed by atoms with Gasteiger partial charge in [0.05, 0.1) is 17.2 Å².